The Bertz CT molecular complexity index is 1200. The Morgan fingerprint density at radius 1 is 1.28 bits per heavy atom. The van der Waals surface area contributed by atoms with E-state index in [2.05, 4.69) is 34.4 Å². The van der Waals surface area contributed by atoms with Crippen LogP contribution in [0.3, 0.4) is 0 Å². The maximum absolute atomic E-state index is 14.1. The van der Waals surface area contributed by atoms with E-state index in [4.69, 9.17) is 9.47 Å². The van der Waals surface area contributed by atoms with Gasteiger partial charge in [-0.25, -0.2) is 0 Å². The lowest BCUT2D eigenvalue weighted by Gasteiger charge is -2.37. The number of aliphatic hydroxyl groups is 1. The smallest absolute Gasteiger partial charge is 0.313 e. The molecule has 4 rings (SSSR count). The number of alkyl halides is 1. The first-order valence-electron chi connectivity index (χ1n) is 15.0. The monoisotopic (exact) mass is 659 g/mol. The van der Waals surface area contributed by atoms with Gasteiger partial charge in [-0.2, -0.15) is 0 Å². The average Bonchev–Trinajstić information content (AvgIpc) is 3.59. The van der Waals surface area contributed by atoms with Crippen molar-refractivity contribution >= 4 is 39.6 Å². The zero-order valence-corrected chi connectivity index (χ0v) is 26.2. The van der Waals surface area contributed by atoms with Crippen molar-refractivity contribution in [2.24, 2.45) is 11.8 Å². The lowest BCUT2D eigenvalue weighted by atomic mass is 9.70. The van der Waals surface area contributed by atoms with Gasteiger partial charge in [-0.15, -0.1) is 13.2 Å². The van der Waals surface area contributed by atoms with Gasteiger partial charge in [0.2, 0.25) is 17.7 Å². The topological polar surface area (TPSA) is 125 Å². The van der Waals surface area contributed by atoms with Gasteiger partial charge in [0.1, 0.15) is 17.7 Å². The van der Waals surface area contributed by atoms with Crippen molar-refractivity contribution in [2.75, 3.05) is 32.8 Å². The number of halogens is 1. The van der Waals surface area contributed by atoms with Crippen LogP contribution in [-0.4, -0.2) is 94.0 Å². The number of amides is 3. The van der Waals surface area contributed by atoms with E-state index in [-0.39, 0.29) is 42.8 Å². The largest absolute Gasteiger partial charge is 0.455 e. The van der Waals surface area contributed by atoms with Crippen LogP contribution in [0.2, 0.25) is 0 Å². The van der Waals surface area contributed by atoms with Crippen LogP contribution >= 0.6 is 15.9 Å². The summed E-state index contributed by atoms with van der Waals surface area (Å²) in [7, 11) is 0. The van der Waals surface area contributed by atoms with Crippen LogP contribution < -0.4 is 5.32 Å². The molecule has 1 aromatic rings. The third-order valence-electron chi connectivity index (χ3n) is 8.57. The molecule has 3 amide bonds. The number of aliphatic hydroxyl groups excluding tert-OH is 1. The van der Waals surface area contributed by atoms with Crippen molar-refractivity contribution in [1.82, 2.24) is 15.1 Å². The van der Waals surface area contributed by atoms with Crippen LogP contribution in [0.5, 0.6) is 0 Å². The summed E-state index contributed by atoms with van der Waals surface area (Å²) in [6, 6.07) is 8.10. The molecule has 1 aromatic carbocycles. The number of β-amino-alcohol motifs (C(OH)–C–C–N with tert-alkyl or cyclic N) is 1. The Hall–Kier alpha value is -3.02. The number of hydrogen-bond donors (Lipinski definition) is 2. The first-order chi connectivity index (χ1) is 20.7. The number of benzene rings is 1. The molecule has 1 spiro atoms. The highest BCUT2D eigenvalue weighted by atomic mass is 79.9. The zero-order chi connectivity index (χ0) is 31.1. The molecule has 2 N–H and O–H groups in total. The van der Waals surface area contributed by atoms with Gasteiger partial charge in [-0.05, 0) is 24.8 Å². The minimum atomic E-state index is -1.25. The Labute approximate surface area is 261 Å². The van der Waals surface area contributed by atoms with Crippen molar-refractivity contribution in [3.8, 4) is 0 Å². The molecule has 3 aliphatic heterocycles. The fraction of sp³-hybridized carbons (Fsp3) is 0.562. The number of esters is 1. The van der Waals surface area contributed by atoms with Crippen LogP contribution in [0, 0.1) is 11.8 Å². The SMILES string of the molecule is C=CCCC(=O)NC[C@@H](OC(=O)[C@H]1[C@@H]2O[C@@]3(CC2Br)[C@@H]1C(=O)N(CCO)[C@@H]3C(=O)N(CC=C)CCCC)c1ccccc1. The number of nitrogens with one attached hydrogen (secondary N) is 1. The van der Waals surface area contributed by atoms with Crippen molar-refractivity contribution in [3.05, 3.63) is 61.2 Å². The van der Waals surface area contributed by atoms with E-state index in [1.165, 1.54) is 4.90 Å². The van der Waals surface area contributed by atoms with Crippen molar-refractivity contribution in [2.45, 2.75) is 67.7 Å². The highest BCUT2D eigenvalue weighted by Gasteiger charge is 2.77. The van der Waals surface area contributed by atoms with E-state index in [0.717, 1.165) is 12.8 Å². The van der Waals surface area contributed by atoms with Gasteiger partial charge in [0.25, 0.3) is 0 Å². The summed E-state index contributed by atoms with van der Waals surface area (Å²) in [5.74, 6) is -3.44. The molecular weight excluding hydrogens is 618 g/mol. The number of nitrogens with zero attached hydrogens (tertiary/aromatic N) is 2. The molecule has 3 fully saturated rings. The number of ether oxygens (including phenoxy) is 2. The third kappa shape index (κ3) is 6.58. The molecule has 3 saturated heterocycles. The molecule has 0 radical (unpaired) electrons. The summed E-state index contributed by atoms with van der Waals surface area (Å²) >= 11 is 3.67. The number of carbonyl (C=O) groups is 4. The van der Waals surface area contributed by atoms with Gasteiger partial charge in [0.05, 0.1) is 31.1 Å². The van der Waals surface area contributed by atoms with E-state index in [1.54, 1.807) is 17.1 Å². The minimum Gasteiger partial charge on any atom is -0.455 e. The van der Waals surface area contributed by atoms with Crippen LogP contribution in [0.15, 0.2) is 55.6 Å². The Morgan fingerprint density at radius 2 is 2.02 bits per heavy atom. The summed E-state index contributed by atoms with van der Waals surface area (Å²) in [4.78, 5) is 57.2. The van der Waals surface area contributed by atoms with Gasteiger partial charge in [0.15, 0.2) is 0 Å². The van der Waals surface area contributed by atoms with Crippen LogP contribution in [0.4, 0.5) is 0 Å². The number of rotatable bonds is 16. The quantitative estimate of drug-likeness (QED) is 0.159. The maximum Gasteiger partial charge on any atom is 0.313 e. The number of unbranched alkanes of at least 4 members (excludes halogenated alkanes) is 1. The minimum absolute atomic E-state index is 0.0527. The highest BCUT2D eigenvalue weighted by molar-refractivity contribution is 9.09. The Kier molecular flexibility index (Phi) is 11.2. The van der Waals surface area contributed by atoms with Crippen LogP contribution in [0.1, 0.15) is 50.7 Å². The number of likely N-dealkylation sites (tertiary alicyclic amines) is 1. The molecule has 11 heteroatoms. The van der Waals surface area contributed by atoms with Crippen molar-refractivity contribution in [3.63, 3.8) is 0 Å². The molecule has 3 heterocycles. The van der Waals surface area contributed by atoms with Crippen LogP contribution in [0.25, 0.3) is 0 Å². The predicted octanol–water partition coefficient (Wildman–Crippen LogP) is 2.91. The molecule has 43 heavy (non-hydrogen) atoms. The second-order valence-corrected chi connectivity index (χ2v) is 12.5. The normalized spacial score (nSPS) is 27.8. The molecule has 7 atom stereocenters. The molecule has 2 bridgehead atoms. The molecule has 1 unspecified atom stereocenters. The summed E-state index contributed by atoms with van der Waals surface area (Å²) in [5, 5.41) is 12.7. The predicted molar refractivity (Wildman–Crippen MR) is 164 cm³/mol. The van der Waals surface area contributed by atoms with Gasteiger partial charge in [-0.1, -0.05) is 71.8 Å². The van der Waals surface area contributed by atoms with E-state index >= 15 is 0 Å². The second kappa shape index (κ2) is 14.6. The number of allylic oxidation sites excluding steroid dienone is 1. The standard InChI is InChI=1S/C32H42BrN3O7/c1-4-7-14-24(38)34-20-23(21-12-10-9-11-13-21)42-31(41)25-26-29(39)36(17-18-37)28(32(26)19-22(33)27(25)43-32)30(40)35(15-6-3)16-8-5-2/h4,6,9-13,22-23,25-28,37H,1,3,5,7-8,14-20H2,2H3,(H,34,38)/t22?,23-,25-,26+,27-,28-,32+/m1/s1. The molecule has 3 aliphatic rings. The molecule has 0 aliphatic carbocycles. The van der Waals surface area contributed by atoms with Gasteiger partial charge >= 0.3 is 5.97 Å². The van der Waals surface area contributed by atoms with E-state index in [1.807, 2.05) is 37.3 Å². The van der Waals surface area contributed by atoms with Gasteiger partial charge in [0, 0.05) is 30.9 Å². The number of hydrogen-bond acceptors (Lipinski definition) is 7. The van der Waals surface area contributed by atoms with E-state index in [9.17, 15) is 24.3 Å². The maximum atomic E-state index is 14.1. The lowest BCUT2D eigenvalue weighted by molar-refractivity contribution is -0.160. The van der Waals surface area contributed by atoms with Gasteiger partial charge < -0.3 is 29.7 Å². The highest BCUT2D eigenvalue weighted by Crippen LogP contribution is 2.60. The average molecular weight is 661 g/mol. The summed E-state index contributed by atoms with van der Waals surface area (Å²) < 4.78 is 12.6. The molecular formula is C32H42BrN3O7. The first-order valence-corrected chi connectivity index (χ1v) is 15.9. The first kappa shape index (κ1) is 32.9. The lowest BCUT2D eigenvalue weighted by Crippen LogP contribution is -2.57. The number of fused-ring (bicyclic) bond motifs is 1. The van der Waals surface area contributed by atoms with Crippen molar-refractivity contribution < 1.29 is 33.8 Å². The Morgan fingerprint density at radius 3 is 2.67 bits per heavy atom. The molecule has 0 aromatic heterocycles. The summed E-state index contributed by atoms with van der Waals surface area (Å²) in [5.41, 5.74) is -0.559. The fourth-order valence-electron chi connectivity index (χ4n) is 6.64. The number of carbonyl (C=O) groups excluding carboxylic acids is 4. The molecule has 0 saturated carbocycles. The van der Waals surface area contributed by atoms with Gasteiger partial charge in [-0.3, -0.25) is 19.2 Å². The van der Waals surface area contributed by atoms with Crippen LogP contribution in [-0.2, 0) is 28.7 Å². The summed E-state index contributed by atoms with van der Waals surface area (Å²) in [6.45, 7) is 9.92. The summed E-state index contributed by atoms with van der Waals surface area (Å²) in [6.07, 6.45) is 4.62. The Balaban J connectivity index is 1.63. The van der Waals surface area contributed by atoms with E-state index in [0.29, 0.717) is 31.5 Å². The van der Waals surface area contributed by atoms with E-state index < -0.39 is 47.6 Å². The fourth-order valence-corrected chi connectivity index (χ4v) is 7.58. The zero-order valence-electron chi connectivity index (χ0n) is 24.7. The third-order valence-corrected chi connectivity index (χ3v) is 9.41. The second-order valence-electron chi connectivity index (χ2n) is 11.3. The van der Waals surface area contributed by atoms with Crippen molar-refractivity contribution in [1.29, 1.82) is 0 Å². The molecule has 234 valence electrons. The molecule has 10 nitrogen and oxygen atoms in total.